The molecule has 3 nitrogen and oxygen atoms in total. The molecule has 0 spiro atoms. The number of halogens is 1. The molecular weight excluding hydrogens is 266 g/mol. The van der Waals surface area contributed by atoms with Crippen molar-refractivity contribution in [2.24, 2.45) is 0 Å². The van der Waals surface area contributed by atoms with Crippen LogP contribution in [-0.2, 0) is 6.54 Å². The Morgan fingerprint density at radius 3 is 3.06 bits per heavy atom. The highest BCUT2D eigenvalue weighted by Gasteiger charge is 2.13. The third-order valence-electron chi connectivity index (χ3n) is 2.63. The molecule has 86 valence electrons. The quantitative estimate of drug-likeness (QED) is 0.862. The molecular formula is C12H16BrN3. The molecule has 0 amide bonds. The molecule has 0 aliphatic carbocycles. The average Bonchev–Trinajstić information content (AvgIpc) is 2.31. The summed E-state index contributed by atoms with van der Waals surface area (Å²) in [5, 5.41) is 3.19. The fraction of sp³-hybridized carbons (Fsp3) is 0.417. The van der Waals surface area contributed by atoms with E-state index in [0.29, 0.717) is 0 Å². The van der Waals surface area contributed by atoms with Crippen molar-refractivity contribution in [3.63, 3.8) is 0 Å². The van der Waals surface area contributed by atoms with Crippen molar-refractivity contribution >= 4 is 21.7 Å². The minimum Gasteiger partial charge on any atom is -0.352 e. The van der Waals surface area contributed by atoms with Crippen LogP contribution in [0, 0.1) is 0 Å². The Balaban J connectivity index is 2.27. The first-order valence-corrected chi connectivity index (χ1v) is 6.29. The van der Waals surface area contributed by atoms with Crippen LogP contribution in [0.1, 0.15) is 12.0 Å². The number of hydrogen-bond acceptors (Lipinski definition) is 3. The monoisotopic (exact) mass is 281 g/mol. The first-order valence-electron chi connectivity index (χ1n) is 5.50. The lowest BCUT2D eigenvalue weighted by Crippen LogP contribution is -2.29. The van der Waals surface area contributed by atoms with Gasteiger partial charge in [-0.05, 0) is 35.5 Å². The van der Waals surface area contributed by atoms with Crippen LogP contribution in [0.3, 0.4) is 0 Å². The van der Waals surface area contributed by atoms with Crippen LogP contribution in [0.5, 0.6) is 0 Å². The largest absolute Gasteiger partial charge is 0.352 e. The molecule has 2 rings (SSSR count). The highest BCUT2D eigenvalue weighted by molar-refractivity contribution is 9.10. The van der Waals surface area contributed by atoms with E-state index in [1.165, 1.54) is 5.56 Å². The van der Waals surface area contributed by atoms with Gasteiger partial charge in [-0.2, -0.15) is 0 Å². The molecule has 0 atom stereocenters. The molecule has 1 aromatic heterocycles. The zero-order valence-corrected chi connectivity index (χ0v) is 11.0. The summed E-state index contributed by atoms with van der Waals surface area (Å²) >= 11 is 3.47. The van der Waals surface area contributed by atoms with Crippen LogP contribution >= 0.6 is 15.9 Å². The van der Waals surface area contributed by atoms with Crippen molar-refractivity contribution in [1.29, 1.82) is 0 Å². The zero-order chi connectivity index (χ0) is 11.4. The van der Waals surface area contributed by atoms with E-state index in [4.69, 9.17) is 0 Å². The molecule has 0 saturated carbocycles. The summed E-state index contributed by atoms with van der Waals surface area (Å²) in [6.45, 7) is 2.87. The standard InChI is InChI=1S/C12H16BrN3/c1-14-8-10-7-11(13)9-15-12(10)16-5-3-2-4-6-16/h2-3,7,9,14H,4-6,8H2,1H3. The van der Waals surface area contributed by atoms with Crippen molar-refractivity contribution < 1.29 is 0 Å². The van der Waals surface area contributed by atoms with Gasteiger partial charge in [0.25, 0.3) is 0 Å². The predicted octanol–water partition coefficient (Wildman–Crippen LogP) is 2.33. The summed E-state index contributed by atoms with van der Waals surface area (Å²) in [6.07, 6.45) is 7.41. The maximum absolute atomic E-state index is 4.53. The lowest BCUT2D eigenvalue weighted by molar-refractivity contribution is 0.767. The van der Waals surface area contributed by atoms with Gasteiger partial charge in [-0.1, -0.05) is 12.2 Å². The van der Waals surface area contributed by atoms with Gasteiger partial charge in [-0.15, -0.1) is 0 Å². The Morgan fingerprint density at radius 1 is 1.50 bits per heavy atom. The third kappa shape index (κ3) is 2.62. The Kier molecular flexibility index (Phi) is 3.96. The second-order valence-electron chi connectivity index (χ2n) is 3.87. The molecule has 0 fully saturated rings. The van der Waals surface area contributed by atoms with E-state index in [9.17, 15) is 0 Å². The Morgan fingerprint density at radius 2 is 2.38 bits per heavy atom. The second-order valence-corrected chi connectivity index (χ2v) is 4.79. The highest BCUT2D eigenvalue weighted by atomic mass is 79.9. The molecule has 0 aromatic carbocycles. The first-order chi connectivity index (χ1) is 7.81. The molecule has 1 N–H and O–H groups in total. The van der Waals surface area contributed by atoms with Crippen LogP contribution in [-0.4, -0.2) is 25.1 Å². The van der Waals surface area contributed by atoms with E-state index in [1.54, 1.807) is 0 Å². The number of aromatic nitrogens is 1. The number of rotatable bonds is 3. The molecule has 16 heavy (non-hydrogen) atoms. The van der Waals surface area contributed by atoms with Gasteiger partial charge in [-0.3, -0.25) is 0 Å². The van der Waals surface area contributed by atoms with Crippen molar-refractivity contribution in [2.75, 3.05) is 25.0 Å². The Bertz CT molecular complexity index is 390. The van der Waals surface area contributed by atoms with Crippen LogP contribution in [0.25, 0.3) is 0 Å². The fourth-order valence-corrected chi connectivity index (χ4v) is 2.29. The normalized spacial score (nSPS) is 15.5. The molecule has 0 unspecified atom stereocenters. The average molecular weight is 282 g/mol. The van der Waals surface area contributed by atoms with Crippen molar-refractivity contribution in [1.82, 2.24) is 10.3 Å². The molecule has 1 aromatic rings. The van der Waals surface area contributed by atoms with Gasteiger partial charge in [0, 0.05) is 35.9 Å². The number of pyridine rings is 1. The molecule has 2 heterocycles. The van der Waals surface area contributed by atoms with E-state index < -0.39 is 0 Å². The van der Waals surface area contributed by atoms with Crippen LogP contribution < -0.4 is 10.2 Å². The smallest absolute Gasteiger partial charge is 0.133 e. The Labute approximate surface area is 105 Å². The number of hydrogen-bond donors (Lipinski definition) is 1. The minimum atomic E-state index is 0.849. The lowest BCUT2D eigenvalue weighted by atomic mass is 10.2. The summed E-state index contributed by atoms with van der Waals surface area (Å²) in [5.41, 5.74) is 1.24. The maximum Gasteiger partial charge on any atom is 0.133 e. The fourth-order valence-electron chi connectivity index (χ4n) is 1.91. The first kappa shape index (κ1) is 11.6. The summed E-state index contributed by atoms with van der Waals surface area (Å²) in [4.78, 5) is 6.84. The van der Waals surface area contributed by atoms with Gasteiger partial charge in [0.05, 0.1) is 0 Å². The van der Waals surface area contributed by atoms with Crippen molar-refractivity contribution in [2.45, 2.75) is 13.0 Å². The van der Waals surface area contributed by atoms with Crippen LogP contribution in [0.2, 0.25) is 0 Å². The summed E-state index contributed by atoms with van der Waals surface area (Å²) in [7, 11) is 1.96. The Hall–Kier alpha value is -0.870. The van der Waals surface area contributed by atoms with Gasteiger partial charge in [0.1, 0.15) is 5.82 Å². The predicted molar refractivity (Wildman–Crippen MR) is 70.7 cm³/mol. The number of nitrogens with one attached hydrogen (secondary N) is 1. The van der Waals surface area contributed by atoms with Crippen molar-refractivity contribution in [3.8, 4) is 0 Å². The summed E-state index contributed by atoms with van der Waals surface area (Å²) in [6, 6.07) is 2.14. The molecule has 0 saturated heterocycles. The minimum absolute atomic E-state index is 0.849. The van der Waals surface area contributed by atoms with Gasteiger partial charge in [0.2, 0.25) is 0 Å². The summed E-state index contributed by atoms with van der Waals surface area (Å²) < 4.78 is 1.04. The van der Waals surface area contributed by atoms with Gasteiger partial charge < -0.3 is 10.2 Å². The topological polar surface area (TPSA) is 28.2 Å². The van der Waals surface area contributed by atoms with E-state index in [-0.39, 0.29) is 0 Å². The van der Waals surface area contributed by atoms with Crippen molar-refractivity contribution in [3.05, 3.63) is 34.5 Å². The molecule has 1 aliphatic heterocycles. The lowest BCUT2D eigenvalue weighted by Gasteiger charge is -2.26. The number of anilines is 1. The third-order valence-corrected chi connectivity index (χ3v) is 3.07. The SMILES string of the molecule is CNCc1cc(Br)cnc1N1CC=CCC1. The molecule has 0 radical (unpaired) electrons. The van der Waals surface area contributed by atoms with E-state index >= 15 is 0 Å². The molecule has 0 bridgehead atoms. The van der Waals surface area contributed by atoms with Gasteiger partial charge in [-0.25, -0.2) is 4.98 Å². The van der Waals surface area contributed by atoms with Crippen LogP contribution in [0.15, 0.2) is 28.9 Å². The second kappa shape index (κ2) is 5.46. The van der Waals surface area contributed by atoms with Gasteiger partial charge >= 0.3 is 0 Å². The molecule has 4 heteroatoms. The van der Waals surface area contributed by atoms with E-state index in [0.717, 1.165) is 36.3 Å². The van der Waals surface area contributed by atoms with Gasteiger partial charge in [0.15, 0.2) is 0 Å². The molecule has 1 aliphatic rings. The maximum atomic E-state index is 4.53. The zero-order valence-electron chi connectivity index (χ0n) is 9.41. The highest BCUT2D eigenvalue weighted by Crippen LogP contribution is 2.22. The van der Waals surface area contributed by atoms with Crippen LogP contribution in [0.4, 0.5) is 5.82 Å². The van der Waals surface area contributed by atoms with E-state index in [1.807, 2.05) is 13.2 Å². The number of nitrogens with zero attached hydrogens (tertiary/aromatic N) is 2. The summed E-state index contributed by atoms with van der Waals surface area (Å²) in [5.74, 6) is 1.10. The van der Waals surface area contributed by atoms with E-state index in [2.05, 4.69) is 49.3 Å².